The van der Waals surface area contributed by atoms with E-state index in [9.17, 15) is 19.5 Å². The van der Waals surface area contributed by atoms with Crippen LogP contribution in [0.15, 0.2) is 48.5 Å². The zero-order valence-corrected chi connectivity index (χ0v) is 16.7. The Morgan fingerprint density at radius 3 is 1.83 bits per heavy atom. The first-order chi connectivity index (χ1) is 13.8. The van der Waals surface area contributed by atoms with Gasteiger partial charge in [-0.15, -0.1) is 0 Å². The van der Waals surface area contributed by atoms with Crippen LogP contribution in [0.4, 0.5) is 11.4 Å². The minimum Gasteiger partial charge on any atom is -0.481 e. The molecule has 0 saturated heterocycles. The van der Waals surface area contributed by atoms with E-state index in [0.29, 0.717) is 30.6 Å². The fourth-order valence-corrected chi connectivity index (χ4v) is 3.78. The summed E-state index contributed by atoms with van der Waals surface area (Å²) in [6, 6.07) is 14.4. The van der Waals surface area contributed by atoms with Crippen LogP contribution in [0.2, 0.25) is 0 Å². The Morgan fingerprint density at radius 2 is 1.38 bits per heavy atom. The van der Waals surface area contributed by atoms with Crippen LogP contribution in [0, 0.1) is 11.3 Å². The van der Waals surface area contributed by atoms with Crippen LogP contribution in [0.1, 0.15) is 37.8 Å². The van der Waals surface area contributed by atoms with Crippen LogP contribution in [0.3, 0.4) is 0 Å². The molecule has 0 saturated carbocycles. The molecule has 0 spiro atoms. The van der Waals surface area contributed by atoms with Crippen molar-refractivity contribution in [3.63, 3.8) is 0 Å². The third-order valence-corrected chi connectivity index (χ3v) is 5.17. The number of nitrogens with one attached hydrogen (secondary N) is 2. The standard InChI is InChI=1S/C23H26N2O4/c1-15(2)11-20(26)24-18-7-9-19(10-8-18)25-21(27)14-23(22(28)29)12-16-5-3-4-6-17(16)13-23/h3-10,15H,11-14H2,1-2H3,(H,24,26)(H,25,27)(H,28,29). The SMILES string of the molecule is CC(C)CC(=O)Nc1ccc(NC(=O)CC2(C(=O)O)Cc3ccccc3C2)cc1. The second-order valence-electron chi connectivity index (χ2n) is 8.16. The van der Waals surface area contributed by atoms with Gasteiger partial charge in [-0.2, -0.15) is 0 Å². The van der Waals surface area contributed by atoms with Gasteiger partial charge in [0.1, 0.15) is 0 Å². The molecule has 152 valence electrons. The lowest BCUT2D eigenvalue weighted by molar-refractivity contribution is -0.150. The van der Waals surface area contributed by atoms with Gasteiger partial charge in [-0.25, -0.2) is 0 Å². The Bertz CT molecular complexity index is 894. The van der Waals surface area contributed by atoms with Gasteiger partial charge in [-0.05, 0) is 54.2 Å². The second-order valence-corrected chi connectivity index (χ2v) is 8.16. The van der Waals surface area contributed by atoms with Gasteiger partial charge in [-0.3, -0.25) is 14.4 Å². The number of carbonyl (C=O) groups is 3. The number of carbonyl (C=O) groups excluding carboxylic acids is 2. The highest BCUT2D eigenvalue weighted by molar-refractivity contribution is 5.95. The number of rotatable bonds is 7. The van der Waals surface area contributed by atoms with Crippen molar-refractivity contribution in [2.45, 2.75) is 39.5 Å². The third-order valence-electron chi connectivity index (χ3n) is 5.17. The molecule has 3 N–H and O–H groups in total. The second kappa shape index (κ2) is 8.47. The fraction of sp³-hybridized carbons (Fsp3) is 0.348. The number of benzene rings is 2. The molecule has 2 amide bonds. The molecule has 2 aromatic rings. The smallest absolute Gasteiger partial charge is 0.310 e. The van der Waals surface area contributed by atoms with Crippen molar-refractivity contribution in [2.75, 3.05) is 10.6 Å². The van der Waals surface area contributed by atoms with E-state index in [2.05, 4.69) is 10.6 Å². The summed E-state index contributed by atoms with van der Waals surface area (Å²) in [7, 11) is 0. The Hall–Kier alpha value is -3.15. The molecule has 0 unspecified atom stereocenters. The Morgan fingerprint density at radius 1 is 0.897 bits per heavy atom. The number of amides is 2. The van der Waals surface area contributed by atoms with Crippen molar-refractivity contribution in [2.24, 2.45) is 11.3 Å². The summed E-state index contributed by atoms with van der Waals surface area (Å²) in [4.78, 5) is 36.4. The number of carboxylic acid groups (broad SMARTS) is 1. The zero-order chi connectivity index (χ0) is 21.0. The van der Waals surface area contributed by atoms with E-state index < -0.39 is 11.4 Å². The molecule has 0 fully saturated rings. The molecule has 0 radical (unpaired) electrons. The predicted octanol–water partition coefficient (Wildman–Crippen LogP) is 3.87. The van der Waals surface area contributed by atoms with Gasteiger partial charge in [0.15, 0.2) is 0 Å². The normalized spacial score (nSPS) is 14.3. The van der Waals surface area contributed by atoms with Crippen LogP contribution >= 0.6 is 0 Å². The predicted molar refractivity (Wildman–Crippen MR) is 112 cm³/mol. The van der Waals surface area contributed by atoms with E-state index in [-0.39, 0.29) is 24.2 Å². The lowest BCUT2D eigenvalue weighted by atomic mass is 9.81. The summed E-state index contributed by atoms with van der Waals surface area (Å²) in [5.41, 5.74) is 2.08. The number of hydrogen-bond acceptors (Lipinski definition) is 3. The number of fused-ring (bicyclic) bond motifs is 1. The van der Waals surface area contributed by atoms with Gasteiger partial charge < -0.3 is 15.7 Å². The number of carboxylic acids is 1. The molecule has 29 heavy (non-hydrogen) atoms. The maximum Gasteiger partial charge on any atom is 0.310 e. The van der Waals surface area contributed by atoms with Gasteiger partial charge in [0.2, 0.25) is 11.8 Å². The first-order valence-electron chi connectivity index (χ1n) is 9.77. The summed E-state index contributed by atoms with van der Waals surface area (Å²) in [5.74, 6) is -1.07. The molecule has 1 aliphatic carbocycles. The molecule has 6 heteroatoms. The molecule has 0 aliphatic heterocycles. The Labute approximate surface area is 170 Å². The first-order valence-corrected chi connectivity index (χ1v) is 9.77. The summed E-state index contributed by atoms with van der Waals surface area (Å²) in [6.07, 6.45) is 1.06. The average Bonchev–Trinajstić information content (AvgIpc) is 3.02. The van der Waals surface area contributed by atoms with Crippen LogP contribution in [-0.2, 0) is 27.2 Å². The van der Waals surface area contributed by atoms with E-state index >= 15 is 0 Å². The third kappa shape index (κ3) is 5.02. The lowest BCUT2D eigenvalue weighted by Crippen LogP contribution is -2.36. The van der Waals surface area contributed by atoms with Crippen LogP contribution in [0.5, 0.6) is 0 Å². The summed E-state index contributed by atoms with van der Waals surface area (Å²) < 4.78 is 0. The molecule has 2 aromatic carbocycles. The molecule has 0 atom stereocenters. The number of aliphatic carboxylic acids is 1. The van der Waals surface area contributed by atoms with Gasteiger partial charge in [0.25, 0.3) is 0 Å². The van der Waals surface area contributed by atoms with Gasteiger partial charge in [-0.1, -0.05) is 38.1 Å². The van der Waals surface area contributed by atoms with E-state index in [1.807, 2.05) is 38.1 Å². The topological polar surface area (TPSA) is 95.5 Å². The largest absolute Gasteiger partial charge is 0.481 e. The summed E-state index contributed by atoms with van der Waals surface area (Å²) >= 11 is 0. The van der Waals surface area contributed by atoms with Crippen molar-refractivity contribution in [1.29, 1.82) is 0 Å². The van der Waals surface area contributed by atoms with E-state index in [1.165, 1.54) is 0 Å². The monoisotopic (exact) mass is 394 g/mol. The molecule has 0 aromatic heterocycles. The highest BCUT2D eigenvalue weighted by atomic mass is 16.4. The van der Waals surface area contributed by atoms with Crippen molar-refractivity contribution >= 4 is 29.2 Å². The molecular formula is C23H26N2O4. The van der Waals surface area contributed by atoms with E-state index in [0.717, 1.165) is 11.1 Å². The van der Waals surface area contributed by atoms with Crippen molar-refractivity contribution in [1.82, 2.24) is 0 Å². The molecule has 6 nitrogen and oxygen atoms in total. The molecule has 3 rings (SSSR count). The highest BCUT2D eigenvalue weighted by Gasteiger charge is 2.45. The Kier molecular flexibility index (Phi) is 6.01. The minimum absolute atomic E-state index is 0.0546. The zero-order valence-electron chi connectivity index (χ0n) is 16.7. The summed E-state index contributed by atoms with van der Waals surface area (Å²) in [6.45, 7) is 3.95. The maximum absolute atomic E-state index is 12.6. The molecule has 0 bridgehead atoms. The van der Waals surface area contributed by atoms with Crippen molar-refractivity contribution in [3.05, 3.63) is 59.7 Å². The van der Waals surface area contributed by atoms with Crippen LogP contribution in [0.25, 0.3) is 0 Å². The lowest BCUT2D eigenvalue weighted by Gasteiger charge is -2.23. The summed E-state index contributed by atoms with van der Waals surface area (Å²) in [5, 5.41) is 15.4. The molecule has 0 heterocycles. The molecular weight excluding hydrogens is 368 g/mol. The van der Waals surface area contributed by atoms with Crippen molar-refractivity contribution < 1.29 is 19.5 Å². The van der Waals surface area contributed by atoms with E-state index in [4.69, 9.17) is 0 Å². The average molecular weight is 394 g/mol. The quantitative estimate of drug-likeness (QED) is 0.664. The van der Waals surface area contributed by atoms with Crippen molar-refractivity contribution in [3.8, 4) is 0 Å². The van der Waals surface area contributed by atoms with Crippen LogP contribution in [-0.4, -0.2) is 22.9 Å². The highest BCUT2D eigenvalue weighted by Crippen LogP contribution is 2.40. The number of anilines is 2. The number of hydrogen-bond donors (Lipinski definition) is 3. The van der Waals surface area contributed by atoms with E-state index in [1.54, 1.807) is 24.3 Å². The fourth-order valence-electron chi connectivity index (χ4n) is 3.78. The maximum atomic E-state index is 12.6. The van der Waals surface area contributed by atoms with Gasteiger partial charge in [0, 0.05) is 24.2 Å². The van der Waals surface area contributed by atoms with Gasteiger partial charge >= 0.3 is 5.97 Å². The first kappa shape index (κ1) is 20.6. The molecule has 1 aliphatic rings. The van der Waals surface area contributed by atoms with Gasteiger partial charge in [0.05, 0.1) is 5.41 Å². The van der Waals surface area contributed by atoms with Crippen LogP contribution < -0.4 is 10.6 Å². The Balaban J connectivity index is 1.61. The minimum atomic E-state index is -1.11.